The number of rotatable bonds is 6. The number of carbonyl (C=O) groups excluding carboxylic acids is 2. The number of hydrogen-bond acceptors (Lipinski definition) is 2. The summed E-state index contributed by atoms with van der Waals surface area (Å²) in [7, 11) is 0. The van der Waals surface area contributed by atoms with Gasteiger partial charge in [-0.3, -0.25) is 9.59 Å². The van der Waals surface area contributed by atoms with Gasteiger partial charge >= 0.3 is 0 Å². The zero-order valence-electron chi connectivity index (χ0n) is 17.1. The SMILES string of the molecule is O=C(CC1=CCCCC1)N1CCC[C@H](CNC(=O)C2(c3ccc(Cl)cc3)CC2)C1. The van der Waals surface area contributed by atoms with Crippen molar-refractivity contribution in [3.63, 3.8) is 0 Å². The quantitative estimate of drug-likeness (QED) is 0.690. The van der Waals surface area contributed by atoms with Gasteiger partial charge in [0.25, 0.3) is 0 Å². The first-order valence-corrected chi connectivity index (χ1v) is 11.4. The van der Waals surface area contributed by atoms with Crippen LogP contribution in [0.5, 0.6) is 0 Å². The Labute approximate surface area is 178 Å². The summed E-state index contributed by atoms with van der Waals surface area (Å²) >= 11 is 5.99. The van der Waals surface area contributed by atoms with Crippen molar-refractivity contribution in [3.05, 3.63) is 46.5 Å². The predicted molar refractivity (Wildman–Crippen MR) is 116 cm³/mol. The van der Waals surface area contributed by atoms with Crippen molar-refractivity contribution < 1.29 is 9.59 Å². The highest BCUT2D eigenvalue weighted by atomic mass is 35.5. The lowest BCUT2D eigenvalue weighted by atomic mass is 9.93. The zero-order valence-corrected chi connectivity index (χ0v) is 17.8. The fourth-order valence-electron chi connectivity index (χ4n) is 4.78. The van der Waals surface area contributed by atoms with Crippen LogP contribution < -0.4 is 5.32 Å². The molecule has 1 heterocycles. The lowest BCUT2D eigenvalue weighted by Gasteiger charge is -2.33. The van der Waals surface area contributed by atoms with E-state index in [0.29, 0.717) is 23.9 Å². The first kappa shape index (κ1) is 20.5. The number of carbonyl (C=O) groups is 2. The second-order valence-electron chi connectivity index (χ2n) is 8.93. The molecule has 1 atom stereocenters. The topological polar surface area (TPSA) is 49.4 Å². The largest absolute Gasteiger partial charge is 0.355 e. The number of likely N-dealkylation sites (tertiary alicyclic amines) is 1. The van der Waals surface area contributed by atoms with Crippen LogP contribution in [0.1, 0.15) is 63.4 Å². The first-order valence-electron chi connectivity index (χ1n) is 11.1. The van der Waals surface area contributed by atoms with Crippen LogP contribution in [0.15, 0.2) is 35.9 Å². The third-order valence-corrected chi connectivity index (χ3v) is 7.02. The highest BCUT2D eigenvalue weighted by Crippen LogP contribution is 2.48. The molecule has 2 amide bonds. The molecule has 1 N–H and O–H groups in total. The van der Waals surface area contributed by atoms with Crippen LogP contribution in [0.2, 0.25) is 5.02 Å². The van der Waals surface area contributed by atoms with Gasteiger partial charge in [0.15, 0.2) is 0 Å². The molecule has 1 aliphatic heterocycles. The van der Waals surface area contributed by atoms with Gasteiger partial charge in [-0.05, 0) is 75.0 Å². The van der Waals surface area contributed by atoms with E-state index >= 15 is 0 Å². The molecule has 1 saturated carbocycles. The van der Waals surface area contributed by atoms with E-state index in [2.05, 4.69) is 11.4 Å². The number of piperidine rings is 1. The Balaban J connectivity index is 1.28. The van der Waals surface area contributed by atoms with E-state index in [9.17, 15) is 9.59 Å². The van der Waals surface area contributed by atoms with Crippen LogP contribution >= 0.6 is 11.6 Å². The Kier molecular flexibility index (Phi) is 6.29. The Bertz CT molecular complexity index is 783. The van der Waals surface area contributed by atoms with E-state index < -0.39 is 0 Å². The van der Waals surface area contributed by atoms with Gasteiger partial charge in [0, 0.05) is 31.1 Å². The summed E-state index contributed by atoms with van der Waals surface area (Å²) in [6.45, 7) is 2.27. The molecule has 2 fully saturated rings. The zero-order chi connectivity index (χ0) is 20.3. The van der Waals surface area contributed by atoms with E-state index in [4.69, 9.17) is 11.6 Å². The minimum Gasteiger partial charge on any atom is -0.355 e. The summed E-state index contributed by atoms with van der Waals surface area (Å²) in [4.78, 5) is 27.6. The van der Waals surface area contributed by atoms with Gasteiger partial charge < -0.3 is 10.2 Å². The number of nitrogens with zero attached hydrogens (tertiary/aromatic N) is 1. The van der Waals surface area contributed by atoms with Gasteiger partial charge in [-0.15, -0.1) is 0 Å². The van der Waals surface area contributed by atoms with Crippen LogP contribution in [0.3, 0.4) is 0 Å². The van der Waals surface area contributed by atoms with Gasteiger partial charge in [-0.25, -0.2) is 0 Å². The minimum atomic E-state index is -0.373. The highest BCUT2D eigenvalue weighted by Gasteiger charge is 2.51. The van der Waals surface area contributed by atoms with E-state index in [1.165, 1.54) is 18.4 Å². The van der Waals surface area contributed by atoms with Crippen LogP contribution in [0, 0.1) is 5.92 Å². The van der Waals surface area contributed by atoms with E-state index in [1.54, 1.807) is 0 Å². The molecule has 1 aromatic rings. The standard InChI is InChI=1S/C24H31ClN2O2/c25-21-10-8-20(9-11-21)24(12-13-24)23(29)26-16-19-7-4-14-27(17-19)22(28)15-18-5-2-1-3-6-18/h5,8-11,19H,1-4,6-7,12-17H2,(H,26,29)/t19-/m1/s1. The fraction of sp³-hybridized carbons (Fsp3) is 0.583. The molecule has 0 radical (unpaired) electrons. The normalized spacial score (nSPS) is 23.3. The maximum absolute atomic E-state index is 12.9. The molecule has 4 nitrogen and oxygen atoms in total. The summed E-state index contributed by atoms with van der Waals surface area (Å²) < 4.78 is 0. The molecule has 156 valence electrons. The van der Waals surface area contributed by atoms with Crippen molar-refractivity contribution >= 4 is 23.4 Å². The number of amides is 2. The molecule has 0 spiro atoms. The van der Waals surface area contributed by atoms with Crippen molar-refractivity contribution in [2.24, 2.45) is 5.92 Å². The Morgan fingerprint density at radius 1 is 1.14 bits per heavy atom. The molecular weight excluding hydrogens is 384 g/mol. The second kappa shape index (κ2) is 8.91. The summed E-state index contributed by atoms with van der Waals surface area (Å²) in [6.07, 6.45) is 11.4. The van der Waals surface area contributed by atoms with Gasteiger partial charge in [0.1, 0.15) is 0 Å². The summed E-state index contributed by atoms with van der Waals surface area (Å²) in [5.74, 6) is 0.725. The summed E-state index contributed by atoms with van der Waals surface area (Å²) in [6, 6.07) is 7.65. The summed E-state index contributed by atoms with van der Waals surface area (Å²) in [5.41, 5.74) is 2.00. The van der Waals surface area contributed by atoms with Crippen molar-refractivity contribution in [2.75, 3.05) is 19.6 Å². The molecule has 3 aliphatic rings. The summed E-state index contributed by atoms with van der Waals surface area (Å²) in [5, 5.41) is 3.88. The fourth-order valence-corrected chi connectivity index (χ4v) is 4.90. The third-order valence-electron chi connectivity index (χ3n) is 6.77. The van der Waals surface area contributed by atoms with E-state index in [-0.39, 0.29) is 17.2 Å². The second-order valence-corrected chi connectivity index (χ2v) is 9.37. The van der Waals surface area contributed by atoms with Crippen LogP contribution in [-0.4, -0.2) is 36.3 Å². The van der Waals surface area contributed by atoms with Crippen LogP contribution in [-0.2, 0) is 15.0 Å². The first-order chi connectivity index (χ1) is 14.1. The highest BCUT2D eigenvalue weighted by molar-refractivity contribution is 6.30. The molecule has 0 bridgehead atoms. The Hall–Kier alpha value is -1.81. The molecule has 29 heavy (non-hydrogen) atoms. The lowest BCUT2D eigenvalue weighted by molar-refractivity contribution is -0.132. The molecule has 0 aromatic heterocycles. The number of halogens is 1. The maximum Gasteiger partial charge on any atom is 0.230 e. The molecule has 0 unspecified atom stereocenters. The van der Waals surface area contributed by atoms with Gasteiger partial charge in [0.2, 0.25) is 11.8 Å². The number of allylic oxidation sites excluding steroid dienone is 1. The third kappa shape index (κ3) is 4.85. The average molecular weight is 415 g/mol. The Morgan fingerprint density at radius 3 is 2.62 bits per heavy atom. The van der Waals surface area contributed by atoms with Crippen LogP contribution in [0.4, 0.5) is 0 Å². The number of hydrogen-bond donors (Lipinski definition) is 1. The van der Waals surface area contributed by atoms with Crippen molar-refractivity contribution in [2.45, 2.75) is 63.2 Å². The smallest absolute Gasteiger partial charge is 0.230 e. The number of nitrogens with one attached hydrogen (secondary N) is 1. The maximum atomic E-state index is 12.9. The molecule has 1 aromatic carbocycles. The molecule has 5 heteroatoms. The van der Waals surface area contributed by atoms with E-state index in [1.807, 2.05) is 29.2 Å². The number of benzene rings is 1. The Morgan fingerprint density at radius 2 is 1.93 bits per heavy atom. The van der Waals surface area contributed by atoms with Crippen LogP contribution in [0.25, 0.3) is 0 Å². The van der Waals surface area contributed by atoms with Gasteiger partial charge in [-0.1, -0.05) is 35.4 Å². The molecule has 4 rings (SSSR count). The minimum absolute atomic E-state index is 0.121. The monoisotopic (exact) mass is 414 g/mol. The van der Waals surface area contributed by atoms with Crippen molar-refractivity contribution in [3.8, 4) is 0 Å². The molecule has 1 saturated heterocycles. The lowest BCUT2D eigenvalue weighted by Crippen LogP contribution is -2.45. The van der Waals surface area contributed by atoms with Gasteiger partial charge in [-0.2, -0.15) is 0 Å². The predicted octanol–water partition coefficient (Wildman–Crippen LogP) is 4.62. The molecular formula is C24H31ClN2O2. The van der Waals surface area contributed by atoms with Gasteiger partial charge in [0.05, 0.1) is 5.41 Å². The van der Waals surface area contributed by atoms with Crippen molar-refractivity contribution in [1.29, 1.82) is 0 Å². The molecule has 2 aliphatic carbocycles. The average Bonchev–Trinajstić information content (AvgIpc) is 3.55. The van der Waals surface area contributed by atoms with Crippen molar-refractivity contribution in [1.82, 2.24) is 10.2 Å². The van der Waals surface area contributed by atoms with E-state index in [0.717, 1.165) is 57.2 Å².